The summed E-state index contributed by atoms with van der Waals surface area (Å²) >= 11 is 0. The lowest BCUT2D eigenvalue weighted by molar-refractivity contribution is 0.183. The summed E-state index contributed by atoms with van der Waals surface area (Å²) in [6.45, 7) is 3.19. The van der Waals surface area contributed by atoms with Gasteiger partial charge in [-0.25, -0.2) is 9.48 Å². The Morgan fingerprint density at radius 2 is 2.38 bits per heavy atom. The van der Waals surface area contributed by atoms with Crippen LogP contribution in [0.25, 0.3) is 0 Å². The fourth-order valence-corrected chi connectivity index (χ4v) is 2.42. The maximum Gasteiger partial charge on any atom is 0.346 e. The van der Waals surface area contributed by atoms with Crippen LogP contribution >= 0.6 is 0 Å². The summed E-state index contributed by atoms with van der Waals surface area (Å²) in [5, 5.41) is 7.46. The number of hydrogen-bond acceptors (Lipinski definition) is 4. The second kappa shape index (κ2) is 4.03. The zero-order chi connectivity index (χ0) is 11.0. The number of aromatic nitrogens is 3. The van der Waals surface area contributed by atoms with Gasteiger partial charge in [0.2, 0.25) is 0 Å². The second-order valence-corrected chi connectivity index (χ2v) is 4.43. The molecular formula is C10H16N4O2. The topological polar surface area (TPSA) is 61.1 Å². The van der Waals surface area contributed by atoms with Gasteiger partial charge in [0.15, 0.2) is 0 Å². The minimum atomic E-state index is 0.00389. The predicted octanol–water partition coefficient (Wildman–Crippen LogP) is -0.459. The van der Waals surface area contributed by atoms with E-state index in [0.717, 1.165) is 32.5 Å². The second-order valence-electron chi connectivity index (χ2n) is 4.43. The molecule has 2 aliphatic rings. The highest BCUT2D eigenvalue weighted by Crippen LogP contribution is 2.17. The van der Waals surface area contributed by atoms with Gasteiger partial charge >= 0.3 is 5.69 Å². The van der Waals surface area contributed by atoms with Crippen LogP contribution in [0, 0.1) is 0 Å². The van der Waals surface area contributed by atoms with E-state index in [1.165, 1.54) is 0 Å². The summed E-state index contributed by atoms with van der Waals surface area (Å²) in [5.74, 6) is 0. The fourth-order valence-electron chi connectivity index (χ4n) is 2.42. The molecule has 2 saturated heterocycles. The Labute approximate surface area is 93.2 Å². The standard InChI is InChI=1S/C10H16N4O2/c15-10-13(8-1-3-11-5-8)7-12-14(10)9-2-4-16-6-9/h7-9,11H,1-6H2/t8-,9+/m1/s1. The lowest BCUT2D eigenvalue weighted by Gasteiger charge is -2.08. The number of ether oxygens (including phenoxy) is 1. The van der Waals surface area contributed by atoms with Crippen molar-refractivity contribution in [2.75, 3.05) is 26.3 Å². The van der Waals surface area contributed by atoms with Crippen molar-refractivity contribution >= 4 is 0 Å². The summed E-state index contributed by atoms with van der Waals surface area (Å²) in [7, 11) is 0. The summed E-state index contributed by atoms with van der Waals surface area (Å²) < 4.78 is 8.60. The van der Waals surface area contributed by atoms with Gasteiger partial charge in [-0.3, -0.25) is 4.57 Å². The average Bonchev–Trinajstić information content (AvgIpc) is 2.96. The van der Waals surface area contributed by atoms with Gasteiger partial charge in [0.1, 0.15) is 6.33 Å². The molecule has 2 atom stereocenters. The van der Waals surface area contributed by atoms with Gasteiger partial charge in [-0.1, -0.05) is 0 Å². The molecule has 0 spiro atoms. The van der Waals surface area contributed by atoms with Crippen LogP contribution in [0.4, 0.5) is 0 Å². The zero-order valence-electron chi connectivity index (χ0n) is 9.13. The number of rotatable bonds is 2. The molecule has 6 heteroatoms. The van der Waals surface area contributed by atoms with E-state index in [2.05, 4.69) is 10.4 Å². The monoisotopic (exact) mass is 224 g/mol. The quantitative estimate of drug-likeness (QED) is 0.738. The van der Waals surface area contributed by atoms with Crippen molar-refractivity contribution in [2.24, 2.45) is 0 Å². The third-order valence-corrected chi connectivity index (χ3v) is 3.40. The summed E-state index contributed by atoms with van der Waals surface area (Å²) in [4.78, 5) is 12.1. The van der Waals surface area contributed by atoms with Crippen LogP contribution in [0.3, 0.4) is 0 Å². The molecular weight excluding hydrogens is 208 g/mol. The normalized spacial score (nSPS) is 30.0. The van der Waals surface area contributed by atoms with Gasteiger partial charge in [-0.15, -0.1) is 0 Å². The number of nitrogens with one attached hydrogen (secondary N) is 1. The molecule has 0 aromatic carbocycles. The van der Waals surface area contributed by atoms with Gasteiger partial charge in [-0.2, -0.15) is 5.10 Å². The molecule has 0 radical (unpaired) electrons. The van der Waals surface area contributed by atoms with Crippen LogP contribution < -0.4 is 11.0 Å². The molecule has 6 nitrogen and oxygen atoms in total. The fraction of sp³-hybridized carbons (Fsp3) is 0.800. The first kappa shape index (κ1) is 10.0. The highest BCUT2D eigenvalue weighted by atomic mass is 16.5. The molecule has 1 aromatic heterocycles. The van der Waals surface area contributed by atoms with Gasteiger partial charge in [0.25, 0.3) is 0 Å². The van der Waals surface area contributed by atoms with E-state index in [9.17, 15) is 4.79 Å². The lowest BCUT2D eigenvalue weighted by Crippen LogP contribution is -2.31. The van der Waals surface area contributed by atoms with Crippen molar-refractivity contribution in [2.45, 2.75) is 24.9 Å². The minimum Gasteiger partial charge on any atom is -0.379 e. The Bertz CT molecular complexity index is 376. The molecule has 3 heterocycles. The van der Waals surface area contributed by atoms with Crippen LogP contribution in [0.15, 0.2) is 11.1 Å². The first-order valence-corrected chi connectivity index (χ1v) is 5.80. The summed E-state index contributed by atoms with van der Waals surface area (Å²) in [5.41, 5.74) is 0.00389. The smallest absolute Gasteiger partial charge is 0.346 e. The molecule has 1 N–H and O–H groups in total. The average molecular weight is 224 g/mol. The maximum atomic E-state index is 12.1. The van der Waals surface area contributed by atoms with Crippen molar-refractivity contribution < 1.29 is 4.74 Å². The summed E-state index contributed by atoms with van der Waals surface area (Å²) in [6, 6.07) is 0.395. The van der Waals surface area contributed by atoms with Gasteiger partial charge in [0.05, 0.1) is 18.7 Å². The van der Waals surface area contributed by atoms with Crippen molar-refractivity contribution in [3.8, 4) is 0 Å². The van der Waals surface area contributed by atoms with Crippen LogP contribution in [0.1, 0.15) is 24.9 Å². The molecule has 0 unspecified atom stereocenters. The highest BCUT2D eigenvalue weighted by molar-refractivity contribution is 4.84. The van der Waals surface area contributed by atoms with E-state index in [4.69, 9.17) is 4.74 Å². The Morgan fingerprint density at radius 3 is 3.06 bits per heavy atom. The van der Waals surface area contributed by atoms with Crippen LogP contribution in [0.2, 0.25) is 0 Å². The molecule has 16 heavy (non-hydrogen) atoms. The van der Waals surface area contributed by atoms with E-state index >= 15 is 0 Å². The van der Waals surface area contributed by atoms with Crippen LogP contribution in [-0.4, -0.2) is 40.7 Å². The minimum absolute atomic E-state index is 0.00389. The van der Waals surface area contributed by atoms with E-state index in [0.29, 0.717) is 6.61 Å². The van der Waals surface area contributed by atoms with Crippen molar-refractivity contribution in [3.05, 3.63) is 16.8 Å². The Kier molecular flexibility index (Phi) is 2.53. The lowest BCUT2D eigenvalue weighted by atomic mass is 10.2. The Balaban J connectivity index is 1.87. The van der Waals surface area contributed by atoms with Crippen molar-refractivity contribution in [1.82, 2.24) is 19.7 Å². The first-order chi connectivity index (χ1) is 7.86. The third kappa shape index (κ3) is 1.58. The first-order valence-electron chi connectivity index (χ1n) is 5.80. The van der Waals surface area contributed by atoms with Crippen LogP contribution in [-0.2, 0) is 4.74 Å². The Morgan fingerprint density at radius 1 is 1.44 bits per heavy atom. The summed E-state index contributed by atoms with van der Waals surface area (Å²) in [6.07, 6.45) is 3.56. The van der Waals surface area contributed by atoms with E-state index in [1.54, 1.807) is 15.6 Å². The molecule has 2 fully saturated rings. The highest BCUT2D eigenvalue weighted by Gasteiger charge is 2.24. The molecule has 0 aliphatic carbocycles. The van der Waals surface area contributed by atoms with Crippen molar-refractivity contribution in [3.63, 3.8) is 0 Å². The molecule has 3 rings (SSSR count). The van der Waals surface area contributed by atoms with Gasteiger partial charge in [0, 0.05) is 13.2 Å². The molecule has 0 bridgehead atoms. The van der Waals surface area contributed by atoms with E-state index in [-0.39, 0.29) is 17.8 Å². The van der Waals surface area contributed by atoms with Crippen molar-refractivity contribution in [1.29, 1.82) is 0 Å². The predicted molar refractivity (Wildman–Crippen MR) is 57.5 cm³/mol. The van der Waals surface area contributed by atoms with E-state index in [1.807, 2.05) is 0 Å². The molecule has 0 amide bonds. The third-order valence-electron chi connectivity index (χ3n) is 3.40. The van der Waals surface area contributed by atoms with Crippen LogP contribution in [0.5, 0.6) is 0 Å². The van der Waals surface area contributed by atoms with E-state index < -0.39 is 0 Å². The maximum absolute atomic E-state index is 12.1. The number of nitrogens with zero attached hydrogens (tertiary/aromatic N) is 3. The molecule has 1 aromatic rings. The number of hydrogen-bond donors (Lipinski definition) is 1. The molecule has 2 aliphatic heterocycles. The molecule has 88 valence electrons. The zero-order valence-corrected chi connectivity index (χ0v) is 9.13. The van der Waals surface area contributed by atoms with Gasteiger partial charge in [-0.05, 0) is 19.4 Å². The largest absolute Gasteiger partial charge is 0.379 e. The molecule has 0 saturated carbocycles. The Hall–Kier alpha value is -1.14. The SMILES string of the molecule is O=c1n([C@@H]2CCNC2)cnn1[C@H]1CCOC1. The van der Waals surface area contributed by atoms with Gasteiger partial charge < -0.3 is 10.1 Å².